The van der Waals surface area contributed by atoms with Crippen LogP contribution in [-0.2, 0) is 14.6 Å². The van der Waals surface area contributed by atoms with E-state index in [0.29, 0.717) is 21.8 Å². The van der Waals surface area contributed by atoms with Crippen LogP contribution >= 0.6 is 11.6 Å². The normalized spacial score (nSPS) is 11.1. The van der Waals surface area contributed by atoms with Gasteiger partial charge in [-0.3, -0.25) is 9.59 Å². The van der Waals surface area contributed by atoms with Crippen LogP contribution in [0, 0.1) is 0 Å². The second-order valence-electron chi connectivity index (χ2n) is 5.34. The molecule has 0 aromatic heterocycles. The Bertz CT molecular complexity index is 860. The minimum absolute atomic E-state index is 0.131. The molecule has 0 fully saturated rings. The van der Waals surface area contributed by atoms with Gasteiger partial charge in [-0.15, -0.1) is 0 Å². The zero-order valence-corrected chi connectivity index (χ0v) is 14.5. The highest BCUT2D eigenvalue weighted by Crippen LogP contribution is 2.17. The van der Waals surface area contributed by atoms with Crippen molar-refractivity contribution in [1.82, 2.24) is 0 Å². The molecule has 1 amide bonds. The molecular formula is C17H16ClNO4S. The van der Waals surface area contributed by atoms with E-state index in [9.17, 15) is 18.0 Å². The van der Waals surface area contributed by atoms with Crippen LogP contribution in [0.3, 0.4) is 0 Å². The molecule has 7 heteroatoms. The van der Waals surface area contributed by atoms with Gasteiger partial charge in [-0.1, -0.05) is 23.7 Å². The fraction of sp³-hybridized carbons (Fsp3) is 0.176. The lowest BCUT2D eigenvalue weighted by atomic mass is 10.0. The standard InChI is InChI=1S/C17H16ClNO4S/c1-24(22,23)10-9-16(20)19-15-4-2-3-13(11-15)17(21)12-5-7-14(18)8-6-12/h2-8,11H,9-10H2,1H3,(H,19,20). The third-order valence-electron chi connectivity index (χ3n) is 3.21. The number of anilines is 1. The summed E-state index contributed by atoms with van der Waals surface area (Å²) >= 11 is 5.81. The molecule has 2 rings (SSSR count). The van der Waals surface area contributed by atoms with Gasteiger partial charge in [-0.2, -0.15) is 0 Å². The Morgan fingerprint density at radius 2 is 1.71 bits per heavy atom. The molecule has 0 bridgehead atoms. The molecule has 2 aromatic carbocycles. The first-order valence-electron chi connectivity index (χ1n) is 7.12. The average Bonchev–Trinajstić information content (AvgIpc) is 2.53. The molecule has 126 valence electrons. The van der Waals surface area contributed by atoms with E-state index in [1.54, 1.807) is 48.5 Å². The SMILES string of the molecule is CS(=O)(=O)CCC(=O)Nc1cccc(C(=O)c2ccc(Cl)cc2)c1. The molecule has 0 saturated carbocycles. The topological polar surface area (TPSA) is 80.3 Å². The van der Waals surface area contributed by atoms with Crippen molar-refractivity contribution in [2.75, 3.05) is 17.3 Å². The Balaban J connectivity index is 2.09. The first kappa shape index (κ1) is 18.2. The molecule has 0 heterocycles. The summed E-state index contributed by atoms with van der Waals surface area (Å²) in [5.41, 5.74) is 1.34. The Hall–Kier alpha value is -2.18. The van der Waals surface area contributed by atoms with Gasteiger partial charge in [0, 0.05) is 34.5 Å². The largest absolute Gasteiger partial charge is 0.326 e. The smallest absolute Gasteiger partial charge is 0.225 e. The molecule has 0 aliphatic heterocycles. The van der Waals surface area contributed by atoms with Crippen LogP contribution in [-0.4, -0.2) is 32.1 Å². The summed E-state index contributed by atoms with van der Waals surface area (Å²) in [4.78, 5) is 24.2. The van der Waals surface area contributed by atoms with Crippen LogP contribution in [0.4, 0.5) is 5.69 Å². The third kappa shape index (κ3) is 5.47. The third-order valence-corrected chi connectivity index (χ3v) is 4.41. The summed E-state index contributed by atoms with van der Waals surface area (Å²) in [6.07, 6.45) is 0.944. The molecule has 24 heavy (non-hydrogen) atoms. The van der Waals surface area contributed by atoms with Crippen molar-refractivity contribution in [3.05, 3.63) is 64.7 Å². The maximum absolute atomic E-state index is 12.4. The van der Waals surface area contributed by atoms with Crippen molar-refractivity contribution >= 4 is 38.8 Å². The first-order chi connectivity index (χ1) is 11.2. The van der Waals surface area contributed by atoms with E-state index in [1.165, 1.54) is 0 Å². The predicted octanol–water partition coefficient (Wildman–Crippen LogP) is 2.94. The van der Waals surface area contributed by atoms with Crippen LogP contribution in [0.15, 0.2) is 48.5 Å². The Morgan fingerprint density at radius 1 is 1.04 bits per heavy atom. The minimum Gasteiger partial charge on any atom is -0.326 e. The number of amides is 1. The van der Waals surface area contributed by atoms with Crippen molar-refractivity contribution in [2.45, 2.75) is 6.42 Å². The lowest BCUT2D eigenvalue weighted by Crippen LogP contribution is -2.16. The Morgan fingerprint density at radius 3 is 2.33 bits per heavy atom. The molecule has 1 N–H and O–H groups in total. The van der Waals surface area contributed by atoms with Gasteiger partial charge < -0.3 is 5.32 Å². The number of carbonyl (C=O) groups excluding carboxylic acids is 2. The Labute approximate surface area is 145 Å². The Kier molecular flexibility index (Phi) is 5.75. The summed E-state index contributed by atoms with van der Waals surface area (Å²) in [5.74, 6) is -0.835. The molecule has 0 radical (unpaired) electrons. The van der Waals surface area contributed by atoms with Gasteiger partial charge in [0.1, 0.15) is 9.84 Å². The van der Waals surface area contributed by atoms with E-state index in [0.717, 1.165) is 6.26 Å². The molecule has 5 nitrogen and oxygen atoms in total. The minimum atomic E-state index is -3.20. The zero-order valence-electron chi connectivity index (χ0n) is 13.0. The monoisotopic (exact) mass is 365 g/mol. The molecule has 0 aliphatic rings. The summed E-state index contributed by atoms with van der Waals surface area (Å²) in [6, 6.07) is 13.0. The van der Waals surface area contributed by atoms with Gasteiger partial charge in [-0.05, 0) is 36.4 Å². The van der Waals surface area contributed by atoms with Crippen molar-refractivity contribution in [1.29, 1.82) is 0 Å². The highest BCUT2D eigenvalue weighted by molar-refractivity contribution is 7.90. The molecule has 0 aliphatic carbocycles. The first-order valence-corrected chi connectivity index (χ1v) is 9.56. The van der Waals surface area contributed by atoms with Crippen LogP contribution < -0.4 is 5.32 Å². The number of carbonyl (C=O) groups is 2. The van der Waals surface area contributed by atoms with E-state index < -0.39 is 15.7 Å². The van der Waals surface area contributed by atoms with E-state index in [4.69, 9.17) is 11.6 Å². The van der Waals surface area contributed by atoms with Crippen LogP contribution in [0.25, 0.3) is 0 Å². The lowest BCUT2D eigenvalue weighted by Gasteiger charge is -2.07. The number of ketones is 1. The predicted molar refractivity (Wildman–Crippen MR) is 94.3 cm³/mol. The highest BCUT2D eigenvalue weighted by Gasteiger charge is 2.12. The summed E-state index contributed by atoms with van der Waals surface area (Å²) < 4.78 is 22.2. The summed E-state index contributed by atoms with van der Waals surface area (Å²) in [5, 5.41) is 3.13. The molecule has 0 spiro atoms. The molecular weight excluding hydrogens is 350 g/mol. The van der Waals surface area contributed by atoms with Crippen molar-refractivity contribution < 1.29 is 18.0 Å². The van der Waals surface area contributed by atoms with Crippen molar-refractivity contribution in [3.63, 3.8) is 0 Å². The number of rotatable bonds is 6. The number of hydrogen-bond donors (Lipinski definition) is 1. The van der Waals surface area contributed by atoms with Crippen LogP contribution in [0.2, 0.25) is 5.02 Å². The molecule has 0 saturated heterocycles. The fourth-order valence-corrected chi connectivity index (χ4v) is 2.69. The van der Waals surface area contributed by atoms with Crippen molar-refractivity contribution in [3.8, 4) is 0 Å². The van der Waals surface area contributed by atoms with Gasteiger partial charge in [0.25, 0.3) is 0 Å². The summed E-state index contributed by atoms with van der Waals surface area (Å²) in [6.45, 7) is 0. The van der Waals surface area contributed by atoms with Gasteiger partial charge in [-0.25, -0.2) is 8.42 Å². The number of sulfone groups is 1. The lowest BCUT2D eigenvalue weighted by molar-refractivity contribution is -0.115. The number of benzene rings is 2. The highest BCUT2D eigenvalue weighted by atomic mass is 35.5. The van der Waals surface area contributed by atoms with Crippen LogP contribution in [0.1, 0.15) is 22.3 Å². The summed E-state index contributed by atoms with van der Waals surface area (Å²) in [7, 11) is -3.20. The maximum Gasteiger partial charge on any atom is 0.225 e. The van der Waals surface area contributed by atoms with Gasteiger partial charge >= 0.3 is 0 Å². The number of nitrogens with one attached hydrogen (secondary N) is 1. The molecule has 0 unspecified atom stereocenters. The number of hydrogen-bond acceptors (Lipinski definition) is 4. The second kappa shape index (κ2) is 7.59. The zero-order chi connectivity index (χ0) is 17.7. The van der Waals surface area contributed by atoms with E-state index in [2.05, 4.69) is 5.32 Å². The maximum atomic E-state index is 12.4. The fourth-order valence-electron chi connectivity index (χ4n) is 2.01. The molecule has 0 atom stereocenters. The van der Waals surface area contributed by atoms with E-state index >= 15 is 0 Å². The van der Waals surface area contributed by atoms with E-state index in [-0.39, 0.29) is 18.0 Å². The van der Waals surface area contributed by atoms with Gasteiger partial charge in [0.15, 0.2) is 5.78 Å². The van der Waals surface area contributed by atoms with Crippen molar-refractivity contribution in [2.24, 2.45) is 0 Å². The van der Waals surface area contributed by atoms with Crippen LogP contribution in [0.5, 0.6) is 0 Å². The van der Waals surface area contributed by atoms with Gasteiger partial charge in [0.2, 0.25) is 5.91 Å². The number of halogens is 1. The van der Waals surface area contributed by atoms with E-state index in [1.807, 2.05) is 0 Å². The molecule has 2 aromatic rings. The van der Waals surface area contributed by atoms with Gasteiger partial charge in [0.05, 0.1) is 5.75 Å². The second-order valence-corrected chi connectivity index (χ2v) is 8.04. The quantitative estimate of drug-likeness (QED) is 0.798. The average molecular weight is 366 g/mol.